The molecule has 7 heteroatoms. The molecule has 3 aromatic rings. The molecule has 0 unspecified atom stereocenters. The Morgan fingerprint density at radius 1 is 0.957 bits per heavy atom. The highest BCUT2D eigenvalue weighted by Gasteiger charge is 2.30. The fraction of sp³-hybridized carbons (Fsp3) is 0.0625. The van der Waals surface area contributed by atoms with Crippen LogP contribution < -0.4 is 0 Å². The maximum absolute atomic E-state index is 12.6. The summed E-state index contributed by atoms with van der Waals surface area (Å²) in [5.41, 5.74) is -0.257. The number of rotatable bonds is 2. The first-order chi connectivity index (χ1) is 10.9. The number of hydrogen-bond donors (Lipinski definition) is 1. The fourth-order valence-electron chi connectivity index (χ4n) is 2.18. The van der Waals surface area contributed by atoms with Crippen molar-refractivity contribution < 1.29 is 23.1 Å². The summed E-state index contributed by atoms with van der Waals surface area (Å²) in [5, 5.41) is 9.64. The van der Waals surface area contributed by atoms with E-state index in [1.54, 1.807) is 24.3 Å². The van der Waals surface area contributed by atoms with E-state index in [1.807, 2.05) is 0 Å². The molecule has 1 aromatic heterocycles. The fourth-order valence-corrected chi connectivity index (χ4v) is 2.18. The Morgan fingerprint density at radius 3 is 2.22 bits per heavy atom. The quantitative estimate of drug-likeness (QED) is 0.775. The van der Waals surface area contributed by atoms with Gasteiger partial charge in [-0.25, -0.2) is 14.8 Å². The van der Waals surface area contributed by atoms with Crippen molar-refractivity contribution >= 4 is 16.9 Å². The summed E-state index contributed by atoms with van der Waals surface area (Å²) in [6.45, 7) is 0. The van der Waals surface area contributed by atoms with Gasteiger partial charge in [0.05, 0.1) is 11.1 Å². The average Bonchev–Trinajstić information content (AvgIpc) is 2.53. The Balaban J connectivity index is 2.15. The van der Waals surface area contributed by atoms with Gasteiger partial charge in [0.15, 0.2) is 11.5 Å². The predicted molar refractivity (Wildman–Crippen MR) is 76.9 cm³/mol. The van der Waals surface area contributed by atoms with Gasteiger partial charge in [0.1, 0.15) is 0 Å². The van der Waals surface area contributed by atoms with Crippen molar-refractivity contribution in [3.8, 4) is 11.4 Å². The normalized spacial score (nSPS) is 11.6. The van der Waals surface area contributed by atoms with Crippen LogP contribution in [0.25, 0.3) is 22.3 Å². The average molecular weight is 318 g/mol. The van der Waals surface area contributed by atoms with Crippen LogP contribution in [0.3, 0.4) is 0 Å². The lowest BCUT2D eigenvalue weighted by molar-refractivity contribution is -0.137. The van der Waals surface area contributed by atoms with Crippen LogP contribution in [0.5, 0.6) is 0 Å². The predicted octanol–water partition coefficient (Wildman–Crippen LogP) is 4.01. The van der Waals surface area contributed by atoms with Crippen LogP contribution in [0.4, 0.5) is 13.2 Å². The second kappa shape index (κ2) is 5.35. The van der Waals surface area contributed by atoms with Crippen LogP contribution in [0.2, 0.25) is 0 Å². The zero-order valence-electron chi connectivity index (χ0n) is 11.5. The Hall–Kier alpha value is -2.96. The van der Waals surface area contributed by atoms with Crippen LogP contribution in [0.1, 0.15) is 16.1 Å². The number of nitrogens with zero attached hydrogens (tertiary/aromatic N) is 2. The van der Waals surface area contributed by atoms with Crippen molar-refractivity contribution in [1.82, 2.24) is 9.97 Å². The van der Waals surface area contributed by atoms with E-state index in [0.717, 1.165) is 12.1 Å². The number of carboxylic acids is 1. The van der Waals surface area contributed by atoms with E-state index in [0.29, 0.717) is 16.5 Å². The number of alkyl halides is 3. The number of aromatic carboxylic acids is 1. The highest BCUT2D eigenvalue weighted by atomic mass is 19.4. The molecule has 1 N–H and O–H groups in total. The zero-order valence-corrected chi connectivity index (χ0v) is 11.5. The maximum Gasteiger partial charge on any atom is 0.416 e. The maximum atomic E-state index is 12.6. The standard InChI is InChI=1S/C16H9F3N2O2/c17-16(18,19)10-7-5-9(6-8-10)14-20-12-4-2-1-3-11(12)13(21-14)15(22)23/h1-8H,(H,22,23). The largest absolute Gasteiger partial charge is 0.476 e. The number of carboxylic acid groups (broad SMARTS) is 1. The van der Waals surface area contributed by atoms with Crippen LogP contribution in [-0.4, -0.2) is 21.0 Å². The number of para-hydroxylation sites is 1. The van der Waals surface area contributed by atoms with E-state index in [9.17, 15) is 23.1 Å². The molecule has 0 saturated heterocycles. The molecule has 0 bridgehead atoms. The molecule has 0 atom stereocenters. The van der Waals surface area contributed by atoms with Crippen molar-refractivity contribution in [2.75, 3.05) is 0 Å². The van der Waals surface area contributed by atoms with Crippen LogP contribution in [0, 0.1) is 0 Å². The topological polar surface area (TPSA) is 63.1 Å². The molecule has 0 fully saturated rings. The molecule has 1 heterocycles. The van der Waals surface area contributed by atoms with Gasteiger partial charge in [0.25, 0.3) is 0 Å². The number of aromatic nitrogens is 2. The van der Waals surface area contributed by atoms with Gasteiger partial charge in [-0.3, -0.25) is 0 Å². The summed E-state index contributed by atoms with van der Waals surface area (Å²) in [4.78, 5) is 19.5. The van der Waals surface area contributed by atoms with Gasteiger partial charge >= 0.3 is 12.1 Å². The van der Waals surface area contributed by atoms with Gasteiger partial charge in [-0.2, -0.15) is 13.2 Å². The third-order valence-electron chi connectivity index (χ3n) is 3.28. The highest BCUT2D eigenvalue weighted by molar-refractivity contribution is 6.01. The first-order valence-corrected chi connectivity index (χ1v) is 6.54. The van der Waals surface area contributed by atoms with Gasteiger partial charge in [0, 0.05) is 10.9 Å². The summed E-state index contributed by atoms with van der Waals surface area (Å²) < 4.78 is 37.8. The van der Waals surface area contributed by atoms with E-state index in [-0.39, 0.29) is 11.5 Å². The number of hydrogen-bond acceptors (Lipinski definition) is 3. The molecular formula is C16H9F3N2O2. The molecule has 116 valence electrons. The Bertz CT molecular complexity index is 890. The molecule has 0 aliphatic carbocycles. The van der Waals surface area contributed by atoms with Crippen molar-refractivity contribution in [3.63, 3.8) is 0 Å². The van der Waals surface area contributed by atoms with Crippen molar-refractivity contribution in [2.45, 2.75) is 6.18 Å². The van der Waals surface area contributed by atoms with Crippen molar-refractivity contribution in [1.29, 1.82) is 0 Å². The van der Waals surface area contributed by atoms with E-state index in [1.165, 1.54) is 12.1 Å². The number of carbonyl (C=O) groups is 1. The molecule has 0 spiro atoms. The molecular weight excluding hydrogens is 309 g/mol. The molecule has 0 radical (unpaired) electrons. The molecule has 0 aliphatic rings. The van der Waals surface area contributed by atoms with Crippen molar-refractivity contribution in [3.05, 3.63) is 59.8 Å². The van der Waals surface area contributed by atoms with Gasteiger partial charge in [-0.05, 0) is 18.2 Å². The van der Waals surface area contributed by atoms with E-state index < -0.39 is 17.7 Å². The molecule has 0 amide bonds. The molecule has 0 aliphatic heterocycles. The molecule has 23 heavy (non-hydrogen) atoms. The summed E-state index contributed by atoms with van der Waals surface area (Å²) in [7, 11) is 0. The highest BCUT2D eigenvalue weighted by Crippen LogP contribution is 2.30. The Labute approximate surface area is 128 Å². The lowest BCUT2D eigenvalue weighted by atomic mass is 10.1. The number of benzene rings is 2. The van der Waals surface area contributed by atoms with Crippen molar-refractivity contribution in [2.24, 2.45) is 0 Å². The SMILES string of the molecule is O=C(O)c1nc(-c2ccc(C(F)(F)F)cc2)nc2ccccc12. The minimum absolute atomic E-state index is 0.0647. The molecule has 2 aromatic carbocycles. The monoisotopic (exact) mass is 318 g/mol. The van der Waals surface area contributed by atoms with Gasteiger partial charge in [-0.1, -0.05) is 30.3 Å². The van der Waals surface area contributed by atoms with Gasteiger partial charge < -0.3 is 5.11 Å². The molecule has 4 nitrogen and oxygen atoms in total. The third kappa shape index (κ3) is 2.85. The first-order valence-electron chi connectivity index (χ1n) is 6.54. The Kier molecular flexibility index (Phi) is 3.48. The van der Waals surface area contributed by atoms with Crippen LogP contribution in [-0.2, 0) is 6.18 Å². The lowest BCUT2D eigenvalue weighted by Gasteiger charge is -2.08. The summed E-state index contributed by atoms with van der Waals surface area (Å²) in [6, 6.07) is 10.8. The molecule has 3 rings (SSSR count). The van der Waals surface area contributed by atoms with Gasteiger partial charge in [-0.15, -0.1) is 0 Å². The smallest absolute Gasteiger partial charge is 0.416 e. The Morgan fingerprint density at radius 2 is 1.61 bits per heavy atom. The summed E-state index contributed by atoms with van der Waals surface area (Å²) >= 11 is 0. The minimum Gasteiger partial charge on any atom is -0.476 e. The van der Waals surface area contributed by atoms with E-state index >= 15 is 0 Å². The summed E-state index contributed by atoms with van der Waals surface area (Å²) in [6.07, 6.45) is -4.44. The third-order valence-corrected chi connectivity index (χ3v) is 3.28. The number of halogens is 3. The van der Waals surface area contributed by atoms with Crippen LogP contribution >= 0.6 is 0 Å². The second-order valence-electron chi connectivity index (χ2n) is 4.79. The minimum atomic E-state index is -4.44. The second-order valence-corrected chi connectivity index (χ2v) is 4.79. The lowest BCUT2D eigenvalue weighted by Crippen LogP contribution is -2.06. The van der Waals surface area contributed by atoms with E-state index in [2.05, 4.69) is 9.97 Å². The van der Waals surface area contributed by atoms with E-state index in [4.69, 9.17) is 0 Å². The molecule has 0 saturated carbocycles. The zero-order chi connectivity index (χ0) is 16.6. The van der Waals surface area contributed by atoms with Crippen LogP contribution in [0.15, 0.2) is 48.5 Å². The summed E-state index contributed by atoms with van der Waals surface area (Å²) in [5.74, 6) is -1.16. The number of fused-ring (bicyclic) bond motifs is 1. The van der Waals surface area contributed by atoms with Gasteiger partial charge in [0.2, 0.25) is 0 Å². The first kappa shape index (κ1) is 15.0.